The van der Waals surface area contributed by atoms with Gasteiger partial charge in [0, 0.05) is 25.5 Å². The summed E-state index contributed by atoms with van der Waals surface area (Å²) in [6.45, 7) is 2.25. The van der Waals surface area contributed by atoms with Gasteiger partial charge in [0.2, 0.25) is 11.8 Å². The van der Waals surface area contributed by atoms with Crippen molar-refractivity contribution in [1.29, 1.82) is 0 Å². The summed E-state index contributed by atoms with van der Waals surface area (Å²) in [6.07, 6.45) is 2.84. The summed E-state index contributed by atoms with van der Waals surface area (Å²) < 4.78 is 11.0. The molecule has 22 heavy (non-hydrogen) atoms. The number of rotatable bonds is 3. The zero-order chi connectivity index (χ0) is 15.1. The van der Waals surface area contributed by atoms with Crippen molar-refractivity contribution in [2.75, 3.05) is 37.4 Å². The van der Waals surface area contributed by atoms with Crippen LogP contribution in [0, 0.1) is 0 Å². The Morgan fingerprint density at radius 1 is 1.36 bits per heavy atom. The molecule has 6 nitrogen and oxygen atoms in total. The number of nitrogens with zero attached hydrogens (tertiary/aromatic N) is 3. The van der Waals surface area contributed by atoms with Crippen molar-refractivity contribution in [2.24, 2.45) is 0 Å². The quantitative estimate of drug-likeness (QED) is 0.925. The predicted molar refractivity (Wildman–Crippen MR) is 84.1 cm³/mol. The lowest BCUT2D eigenvalue weighted by atomic mass is 10.0. The molecular weight excluding hydrogens is 280 g/mol. The van der Waals surface area contributed by atoms with Gasteiger partial charge in [0.25, 0.3) is 0 Å². The molecule has 1 aromatic heterocycles. The number of hydrogen-bond donors (Lipinski definition) is 1. The van der Waals surface area contributed by atoms with E-state index in [0.29, 0.717) is 19.1 Å². The molecule has 0 atom stereocenters. The number of nitrogens with two attached hydrogens (primary N) is 1. The Kier molecular flexibility index (Phi) is 3.11. The Labute approximate surface area is 128 Å². The van der Waals surface area contributed by atoms with Crippen molar-refractivity contribution in [3.8, 4) is 17.0 Å². The van der Waals surface area contributed by atoms with Crippen LogP contribution in [0.25, 0.3) is 11.1 Å². The molecule has 2 aliphatic heterocycles. The van der Waals surface area contributed by atoms with E-state index >= 15 is 0 Å². The summed E-state index contributed by atoms with van der Waals surface area (Å²) in [5.41, 5.74) is 10.3. The number of benzene rings is 1. The summed E-state index contributed by atoms with van der Waals surface area (Å²) in [7, 11) is 2.11. The van der Waals surface area contributed by atoms with Gasteiger partial charge in [-0.2, -0.15) is 4.98 Å². The molecule has 1 aromatic carbocycles. The topological polar surface area (TPSA) is 73.5 Å². The third-order valence-corrected chi connectivity index (χ3v) is 4.18. The van der Waals surface area contributed by atoms with E-state index in [1.54, 1.807) is 6.20 Å². The highest BCUT2D eigenvalue weighted by molar-refractivity contribution is 5.73. The van der Waals surface area contributed by atoms with Crippen LogP contribution in [0.3, 0.4) is 0 Å². The highest BCUT2D eigenvalue weighted by Gasteiger charge is 2.24. The molecule has 4 rings (SSSR count). The van der Waals surface area contributed by atoms with Crippen molar-refractivity contribution in [2.45, 2.75) is 12.5 Å². The Bertz CT molecular complexity index is 715. The second kappa shape index (κ2) is 5.14. The minimum Gasteiger partial charge on any atom is -0.469 e. The summed E-state index contributed by atoms with van der Waals surface area (Å²) in [5, 5.41) is 0. The lowest BCUT2D eigenvalue weighted by Gasteiger charge is -2.27. The van der Waals surface area contributed by atoms with Crippen LogP contribution < -0.4 is 15.4 Å². The summed E-state index contributed by atoms with van der Waals surface area (Å²) in [6, 6.07) is 6.42. The summed E-state index contributed by atoms with van der Waals surface area (Å²) in [5.74, 6) is 0.756. The highest BCUT2D eigenvalue weighted by atomic mass is 16.6. The Morgan fingerprint density at radius 2 is 2.23 bits per heavy atom. The first kappa shape index (κ1) is 13.3. The van der Waals surface area contributed by atoms with Crippen molar-refractivity contribution in [3.63, 3.8) is 0 Å². The van der Waals surface area contributed by atoms with E-state index in [-0.39, 0.29) is 12.1 Å². The molecule has 0 saturated carbocycles. The van der Waals surface area contributed by atoms with Crippen molar-refractivity contribution >= 4 is 11.6 Å². The van der Waals surface area contributed by atoms with Crippen LogP contribution >= 0.6 is 0 Å². The third-order valence-electron chi connectivity index (χ3n) is 4.18. The largest absolute Gasteiger partial charge is 0.469 e. The number of hydrogen-bond acceptors (Lipinski definition) is 6. The third kappa shape index (κ3) is 2.25. The molecule has 3 heterocycles. The lowest BCUT2D eigenvalue weighted by molar-refractivity contribution is -0.0810. The molecule has 0 radical (unpaired) electrons. The first-order chi connectivity index (χ1) is 10.7. The standard InChI is InChI=1S/C16H18N4O2/c1-20-5-4-11-6-10(2-3-14(11)20)13-7-18-16(17)19-15(13)22-12-8-21-9-12/h2-3,6-7,12H,4-5,8-9H2,1H3,(H2,17,18,19). The van der Waals surface area contributed by atoms with Crippen molar-refractivity contribution in [3.05, 3.63) is 30.0 Å². The number of anilines is 2. The van der Waals surface area contributed by atoms with E-state index in [1.807, 2.05) is 0 Å². The fraction of sp³-hybridized carbons (Fsp3) is 0.375. The SMILES string of the molecule is CN1CCc2cc(-c3cnc(N)nc3OC3COC3)ccc21. The second-order valence-corrected chi connectivity index (χ2v) is 5.74. The number of aromatic nitrogens is 2. The van der Waals surface area contributed by atoms with Gasteiger partial charge in [0.15, 0.2) is 0 Å². The smallest absolute Gasteiger partial charge is 0.226 e. The fourth-order valence-corrected chi connectivity index (χ4v) is 2.84. The van der Waals surface area contributed by atoms with Crippen LogP contribution in [-0.4, -0.2) is 42.9 Å². The van der Waals surface area contributed by atoms with Crippen LogP contribution in [0.5, 0.6) is 5.88 Å². The molecule has 0 bridgehead atoms. The average molecular weight is 298 g/mol. The first-order valence-corrected chi connectivity index (χ1v) is 7.42. The summed E-state index contributed by atoms with van der Waals surface area (Å²) >= 11 is 0. The predicted octanol–water partition coefficient (Wildman–Crippen LogP) is 1.50. The number of nitrogen functional groups attached to an aromatic ring is 1. The molecule has 1 fully saturated rings. The molecule has 2 aromatic rings. The van der Waals surface area contributed by atoms with Crippen LogP contribution in [0.4, 0.5) is 11.6 Å². The fourth-order valence-electron chi connectivity index (χ4n) is 2.84. The van der Waals surface area contributed by atoms with E-state index in [0.717, 1.165) is 24.1 Å². The first-order valence-electron chi connectivity index (χ1n) is 7.42. The Morgan fingerprint density at radius 3 is 3.00 bits per heavy atom. The molecule has 2 aliphatic rings. The Balaban J connectivity index is 1.72. The van der Waals surface area contributed by atoms with Crippen molar-refractivity contribution in [1.82, 2.24) is 9.97 Å². The van der Waals surface area contributed by atoms with E-state index in [9.17, 15) is 0 Å². The molecule has 0 aliphatic carbocycles. The van der Waals surface area contributed by atoms with Crippen LogP contribution in [-0.2, 0) is 11.2 Å². The highest BCUT2D eigenvalue weighted by Crippen LogP contribution is 2.35. The van der Waals surface area contributed by atoms with E-state index in [2.05, 4.69) is 40.1 Å². The molecule has 0 spiro atoms. The molecule has 0 unspecified atom stereocenters. The zero-order valence-corrected chi connectivity index (χ0v) is 12.5. The van der Waals surface area contributed by atoms with E-state index < -0.39 is 0 Å². The monoisotopic (exact) mass is 298 g/mol. The maximum atomic E-state index is 5.89. The van der Waals surface area contributed by atoms with Crippen LogP contribution in [0.15, 0.2) is 24.4 Å². The number of ether oxygens (including phenoxy) is 2. The van der Waals surface area contributed by atoms with Crippen LogP contribution in [0.2, 0.25) is 0 Å². The van der Waals surface area contributed by atoms with Gasteiger partial charge in [-0.1, -0.05) is 6.07 Å². The molecule has 6 heteroatoms. The maximum Gasteiger partial charge on any atom is 0.226 e. The average Bonchev–Trinajstić information content (AvgIpc) is 2.84. The second-order valence-electron chi connectivity index (χ2n) is 5.74. The van der Waals surface area contributed by atoms with Gasteiger partial charge in [-0.15, -0.1) is 0 Å². The van der Waals surface area contributed by atoms with E-state index in [1.165, 1.54) is 11.3 Å². The van der Waals surface area contributed by atoms with Gasteiger partial charge in [0.1, 0.15) is 6.10 Å². The molecule has 1 saturated heterocycles. The molecule has 0 amide bonds. The van der Waals surface area contributed by atoms with Gasteiger partial charge in [-0.05, 0) is 29.7 Å². The zero-order valence-electron chi connectivity index (χ0n) is 12.5. The van der Waals surface area contributed by atoms with Gasteiger partial charge < -0.3 is 20.1 Å². The normalized spacial score (nSPS) is 17.2. The van der Waals surface area contributed by atoms with Gasteiger partial charge >= 0.3 is 0 Å². The molecular formula is C16H18N4O2. The van der Waals surface area contributed by atoms with Crippen molar-refractivity contribution < 1.29 is 9.47 Å². The maximum absolute atomic E-state index is 5.89. The molecule has 2 N–H and O–H groups in total. The minimum absolute atomic E-state index is 0.0496. The van der Waals surface area contributed by atoms with Gasteiger partial charge in [-0.25, -0.2) is 4.98 Å². The van der Waals surface area contributed by atoms with E-state index in [4.69, 9.17) is 15.2 Å². The minimum atomic E-state index is 0.0496. The number of likely N-dealkylation sites (N-methyl/N-ethyl adjacent to an activating group) is 1. The van der Waals surface area contributed by atoms with Gasteiger partial charge in [-0.3, -0.25) is 0 Å². The number of fused-ring (bicyclic) bond motifs is 1. The molecule has 114 valence electrons. The Hall–Kier alpha value is -2.34. The van der Waals surface area contributed by atoms with Gasteiger partial charge in [0.05, 0.1) is 18.8 Å². The summed E-state index contributed by atoms with van der Waals surface area (Å²) in [4.78, 5) is 10.6. The lowest BCUT2D eigenvalue weighted by Crippen LogP contribution is -2.39. The van der Waals surface area contributed by atoms with Crippen LogP contribution in [0.1, 0.15) is 5.56 Å².